The molecular weight excluding hydrogens is 438 g/mol. The maximum atomic E-state index is 12.9. The largest absolute Gasteiger partial charge is 0.350 e. The van der Waals surface area contributed by atoms with Crippen molar-refractivity contribution in [3.63, 3.8) is 0 Å². The third kappa shape index (κ3) is 5.98. The van der Waals surface area contributed by atoms with Crippen molar-refractivity contribution in [3.05, 3.63) is 89.0 Å². The van der Waals surface area contributed by atoms with Crippen LogP contribution in [-0.2, 0) is 10.0 Å². The molecule has 0 radical (unpaired) electrons. The molecule has 0 saturated carbocycles. The Labute approximate surface area is 194 Å². The second-order valence-corrected chi connectivity index (χ2v) is 9.76. The van der Waals surface area contributed by atoms with Gasteiger partial charge < -0.3 is 10.6 Å². The monoisotopic (exact) mass is 465 g/mol. The van der Waals surface area contributed by atoms with Crippen molar-refractivity contribution in [1.29, 1.82) is 0 Å². The number of anilines is 2. The summed E-state index contributed by atoms with van der Waals surface area (Å²) in [5, 5.41) is 5.56. The number of sulfonamides is 1. The zero-order valence-electron chi connectivity index (χ0n) is 19.0. The molecule has 0 aliphatic heterocycles. The van der Waals surface area contributed by atoms with Gasteiger partial charge in [-0.3, -0.25) is 14.3 Å². The molecule has 0 spiro atoms. The fourth-order valence-electron chi connectivity index (χ4n) is 3.12. The zero-order chi connectivity index (χ0) is 24.2. The van der Waals surface area contributed by atoms with Crippen LogP contribution in [-0.4, -0.2) is 26.3 Å². The van der Waals surface area contributed by atoms with E-state index >= 15 is 0 Å². The van der Waals surface area contributed by atoms with Gasteiger partial charge in [-0.25, -0.2) is 8.42 Å². The number of aryl methyl sites for hydroxylation is 2. The zero-order valence-corrected chi connectivity index (χ0v) is 19.8. The third-order valence-electron chi connectivity index (χ3n) is 4.92. The fraction of sp³-hybridized carbons (Fsp3) is 0.200. The van der Waals surface area contributed by atoms with Gasteiger partial charge in [0.05, 0.1) is 21.8 Å². The Kier molecular flexibility index (Phi) is 7.18. The summed E-state index contributed by atoms with van der Waals surface area (Å²) in [6.45, 7) is 7.33. The Morgan fingerprint density at radius 1 is 0.818 bits per heavy atom. The first-order chi connectivity index (χ1) is 15.6. The maximum absolute atomic E-state index is 12.9. The highest BCUT2D eigenvalue weighted by Gasteiger charge is 2.18. The first-order valence-corrected chi connectivity index (χ1v) is 12.0. The van der Waals surface area contributed by atoms with Gasteiger partial charge in [0.2, 0.25) is 0 Å². The van der Waals surface area contributed by atoms with Crippen molar-refractivity contribution in [2.75, 3.05) is 10.0 Å². The highest BCUT2D eigenvalue weighted by atomic mass is 32.2. The van der Waals surface area contributed by atoms with Gasteiger partial charge in [0, 0.05) is 11.6 Å². The van der Waals surface area contributed by atoms with E-state index in [1.807, 2.05) is 20.8 Å². The fourth-order valence-corrected chi connectivity index (χ4v) is 4.24. The van der Waals surface area contributed by atoms with Gasteiger partial charge in [0.15, 0.2) is 0 Å². The van der Waals surface area contributed by atoms with Gasteiger partial charge in [-0.15, -0.1) is 0 Å². The smallest absolute Gasteiger partial charge is 0.261 e. The molecule has 0 unspecified atom stereocenters. The van der Waals surface area contributed by atoms with Crippen LogP contribution in [0, 0.1) is 13.8 Å². The number of carbonyl (C=O) groups is 2. The van der Waals surface area contributed by atoms with Crippen molar-refractivity contribution in [2.24, 2.45) is 0 Å². The van der Waals surface area contributed by atoms with Gasteiger partial charge in [-0.05, 0) is 69.7 Å². The molecule has 0 fully saturated rings. The summed E-state index contributed by atoms with van der Waals surface area (Å²) in [5.74, 6) is -0.757. The predicted molar refractivity (Wildman–Crippen MR) is 130 cm³/mol. The SMILES string of the molecule is Cc1ccc(S(=O)(=O)Nc2cc(C(=O)Nc3ccccc3C(=O)NC(C)C)ccc2C)cc1. The van der Waals surface area contributed by atoms with Gasteiger partial charge in [-0.1, -0.05) is 35.9 Å². The number of nitrogens with one attached hydrogen (secondary N) is 3. The molecule has 0 aliphatic rings. The quantitative estimate of drug-likeness (QED) is 0.478. The van der Waals surface area contributed by atoms with Crippen LogP contribution in [0.25, 0.3) is 0 Å². The van der Waals surface area contributed by atoms with E-state index in [-0.39, 0.29) is 22.4 Å². The van der Waals surface area contributed by atoms with Crippen LogP contribution in [0.4, 0.5) is 11.4 Å². The average molecular weight is 466 g/mol. The Morgan fingerprint density at radius 3 is 2.15 bits per heavy atom. The molecular formula is C25H27N3O4S. The van der Waals surface area contributed by atoms with Crippen molar-refractivity contribution >= 4 is 33.2 Å². The van der Waals surface area contributed by atoms with E-state index in [2.05, 4.69) is 15.4 Å². The molecule has 2 amide bonds. The Bertz CT molecular complexity index is 1280. The van der Waals surface area contributed by atoms with E-state index in [0.717, 1.165) is 5.56 Å². The Balaban J connectivity index is 1.85. The lowest BCUT2D eigenvalue weighted by molar-refractivity contribution is 0.0944. The molecule has 8 heteroatoms. The highest BCUT2D eigenvalue weighted by Crippen LogP contribution is 2.23. The predicted octanol–water partition coefficient (Wildman–Crippen LogP) is 4.49. The molecule has 3 aromatic rings. The van der Waals surface area contributed by atoms with Crippen LogP contribution in [0.15, 0.2) is 71.6 Å². The van der Waals surface area contributed by atoms with E-state index in [4.69, 9.17) is 0 Å². The van der Waals surface area contributed by atoms with E-state index in [0.29, 0.717) is 22.5 Å². The second kappa shape index (κ2) is 9.87. The Morgan fingerprint density at radius 2 is 1.48 bits per heavy atom. The summed E-state index contributed by atoms with van der Waals surface area (Å²) in [6.07, 6.45) is 0. The molecule has 7 nitrogen and oxygen atoms in total. The van der Waals surface area contributed by atoms with Crippen LogP contribution in [0.3, 0.4) is 0 Å². The topological polar surface area (TPSA) is 104 Å². The Hall–Kier alpha value is -3.65. The number of rotatable bonds is 7. The first kappa shape index (κ1) is 24.0. The van der Waals surface area contributed by atoms with Crippen LogP contribution in [0.1, 0.15) is 45.7 Å². The minimum absolute atomic E-state index is 0.0533. The summed E-state index contributed by atoms with van der Waals surface area (Å²) in [4.78, 5) is 25.5. The lowest BCUT2D eigenvalue weighted by Gasteiger charge is -2.15. The summed E-state index contributed by atoms with van der Waals surface area (Å²) in [5.41, 5.74) is 2.87. The van der Waals surface area contributed by atoms with E-state index in [1.165, 1.54) is 18.2 Å². The average Bonchev–Trinajstić information content (AvgIpc) is 2.75. The second-order valence-electron chi connectivity index (χ2n) is 8.08. The van der Waals surface area contributed by atoms with E-state index < -0.39 is 15.9 Å². The van der Waals surface area contributed by atoms with Gasteiger partial charge in [0.1, 0.15) is 0 Å². The summed E-state index contributed by atoms with van der Waals surface area (Å²) in [7, 11) is -3.82. The van der Waals surface area contributed by atoms with Crippen LogP contribution in [0.5, 0.6) is 0 Å². The molecule has 3 aromatic carbocycles. The number of para-hydroxylation sites is 1. The third-order valence-corrected chi connectivity index (χ3v) is 6.30. The number of benzene rings is 3. The van der Waals surface area contributed by atoms with Crippen molar-refractivity contribution in [3.8, 4) is 0 Å². The van der Waals surface area contributed by atoms with E-state index in [1.54, 1.807) is 55.5 Å². The lowest BCUT2D eigenvalue weighted by Crippen LogP contribution is -2.31. The minimum atomic E-state index is -3.82. The number of hydrogen-bond acceptors (Lipinski definition) is 4. The molecule has 0 heterocycles. The molecule has 33 heavy (non-hydrogen) atoms. The van der Waals surface area contributed by atoms with Crippen molar-refractivity contribution in [2.45, 2.75) is 38.6 Å². The van der Waals surface area contributed by atoms with Crippen molar-refractivity contribution in [1.82, 2.24) is 5.32 Å². The standard InChI is InChI=1S/C25H27N3O4S/c1-16(2)26-25(30)21-7-5-6-8-22(21)27-24(29)19-12-11-18(4)23(15-19)28-33(31,32)20-13-9-17(3)10-14-20/h5-16,28H,1-4H3,(H,26,30)(H,27,29). The summed E-state index contributed by atoms with van der Waals surface area (Å²) in [6, 6.07) is 17.9. The lowest BCUT2D eigenvalue weighted by atomic mass is 10.1. The van der Waals surface area contributed by atoms with Crippen molar-refractivity contribution < 1.29 is 18.0 Å². The van der Waals surface area contributed by atoms with Crippen LogP contribution >= 0.6 is 0 Å². The molecule has 0 saturated heterocycles. The molecule has 0 atom stereocenters. The maximum Gasteiger partial charge on any atom is 0.261 e. The van der Waals surface area contributed by atoms with E-state index in [9.17, 15) is 18.0 Å². The minimum Gasteiger partial charge on any atom is -0.350 e. The first-order valence-electron chi connectivity index (χ1n) is 10.5. The van der Waals surface area contributed by atoms with Crippen LogP contribution in [0.2, 0.25) is 0 Å². The van der Waals surface area contributed by atoms with Gasteiger partial charge in [0.25, 0.3) is 21.8 Å². The summed E-state index contributed by atoms with van der Waals surface area (Å²) < 4.78 is 28.1. The van der Waals surface area contributed by atoms with Gasteiger partial charge in [-0.2, -0.15) is 0 Å². The molecule has 3 N–H and O–H groups in total. The number of carbonyl (C=O) groups excluding carboxylic acids is 2. The highest BCUT2D eigenvalue weighted by molar-refractivity contribution is 7.92. The molecule has 0 bridgehead atoms. The molecule has 0 aliphatic carbocycles. The molecule has 3 rings (SSSR count). The molecule has 0 aromatic heterocycles. The number of amides is 2. The van der Waals surface area contributed by atoms with Crippen LogP contribution < -0.4 is 15.4 Å². The number of hydrogen-bond donors (Lipinski definition) is 3. The summed E-state index contributed by atoms with van der Waals surface area (Å²) >= 11 is 0. The molecule has 172 valence electrons. The normalized spacial score (nSPS) is 11.2. The van der Waals surface area contributed by atoms with Gasteiger partial charge >= 0.3 is 0 Å².